The molecule has 8 nitrogen and oxygen atoms in total. The first-order valence-corrected chi connectivity index (χ1v) is 9.16. The van der Waals surface area contributed by atoms with Crippen LogP contribution in [0.1, 0.15) is 10.5 Å². The van der Waals surface area contributed by atoms with Gasteiger partial charge in [0.1, 0.15) is 5.69 Å². The average Bonchev–Trinajstić information content (AvgIpc) is 2.74. The molecule has 0 saturated carbocycles. The third-order valence-corrected chi connectivity index (χ3v) is 4.77. The Morgan fingerprint density at radius 2 is 1.71 bits per heavy atom. The van der Waals surface area contributed by atoms with Crippen molar-refractivity contribution in [2.45, 2.75) is 0 Å². The number of piperazine rings is 1. The molecule has 1 fully saturated rings. The number of H-pyrrole nitrogens is 1. The zero-order valence-corrected chi connectivity index (χ0v) is 15.6. The summed E-state index contributed by atoms with van der Waals surface area (Å²) in [5.41, 5.74) is 0.803. The average molecular weight is 397 g/mol. The highest BCUT2D eigenvalue weighted by atomic mass is 35.5. The smallest absolute Gasteiger partial charge is 0.337 e. The molecule has 2 aromatic heterocycles. The molecule has 0 aliphatic carbocycles. The van der Waals surface area contributed by atoms with Gasteiger partial charge >= 0.3 is 5.69 Å². The summed E-state index contributed by atoms with van der Waals surface area (Å²) in [4.78, 5) is 43.6. The van der Waals surface area contributed by atoms with Gasteiger partial charge in [0.05, 0.1) is 5.69 Å². The van der Waals surface area contributed by atoms with E-state index in [9.17, 15) is 9.59 Å². The van der Waals surface area contributed by atoms with E-state index < -0.39 is 5.69 Å². The fourth-order valence-electron chi connectivity index (χ4n) is 3.08. The molecule has 0 radical (unpaired) electrons. The summed E-state index contributed by atoms with van der Waals surface area (Å²) in [6.45, 7) is 2.26. The molecule has 0 bridgehead atoms. The van der Waals surface area contributed by atoms with E-state index in [0.29, 0.717) is 42.8 Å². The van der Waals surface area contributed by atoms with E-state index in [2.05, 4.69) is 19.9 Å². The van der Waals surface area contributed by atoms with Gasteiger partial charge < -0.3 is 14.8 Å². The van der Waals surface area contributed by atoms with Crippen LogP contribution in [0.2, 0.25) is 5.02 Å². The Hall–Kier alpha value is -3.26. The fraction of sp³-hybridized carbons (Fsp3) is 0.211. The molecule has 3 heterocycles. The monoisotopic (exact) mass is 396 g/mol. The number of aromatic nitrogens is 4. The Morgan fingerprint density at radius 1 is 1.04 bits per heavy atom. The number of halogens is 1. The number of hydrogen-bond acceptors (Lipinski definition) is 6. The Balaban J connectivity index is 1.51. The molecule has 1 N–H and O–H groups in total. The van der Waals surface area contributed by atoms with Crippen molar-refractivity contribution in [1.82, 2.24) is 24.8 Å². The lowest BCUT2D eigenvalue weighted by atomic mass is 10.1. The molecular formula is C19H17ClN6O2. The number of benzene rings is 1. The number of hydrogen-bond donors (Lipinski definition) is 1. The zero-order chi connectivity index (χ0) is 19.5. The number of nitrogens with one attached hydrogen (secondary N) is 1. The van der Waals surface area contributed by atoms with Crippen LogP contribution in [-0.4, -0.2) is 56.9 Å². The Labute approximate surface area is 165 Å². The minimum absolute atomic E-state index is 0.217. The number of carbonyl (C=O) groups excluding carboxylic acids is 1. The number of nitrogens with zero attached hydrogens (tertiary/aromatic N) is 5. The lowest BCUT2D eigenvalue weighted by Gasteiger charge is -2.34. The maximum Gasteiger partial charge on any atom is 0.346 e. The van der Waals surface area contributed by atoms with Gasteiger partial charge in [0.25, 0.3) is 5.91 Å². The SMILES string of the molecule is O=C(c1cc(-c2ccc(Cl)cc2)nc(=O)[nH]1)N1CCN(c2ncccn2)CC1. The summed E-state index contributed by atoms with van der Waals surface area (Å²) in [5, 5.41) is 0.588. The summed E-state index contributed by atoms with van der Waals surface area (Å²) in [6.07, 6.45) is 3.39. The maximum absolute atomic E-state index is 12.9. The molecule has 4 rings (SSSR count). The molecular weight excluding hydrogens is 380 g/mol. The standard InChI is InChI=1S/C19H17ClN6O2/c20-14-4-2-13(3-5-14)15-12-16(24-19(28)23-15)17(27)25-8-10-26(11-9-25)18-21-6-1-7-22-18/h1-7,12H,8-11H2,(H,23,24,28). The van der Waals surface area contributed by atoms with Crippen LogP contribution < -0.4 is 10.6 Å². The van der Waals surface area contributed by atoms with Crippen molar-refractivity contribution >= 4 is 23.5 Å². The summed E-state index contributed by atoms with van der Waals surface area (Å²) in [6, 6.07) is 10.3. The number of rotatable bonds is 3. The van der Waals surface area contributed by atoms with Crippen LogP contribution in [0, 0.1) is 0 Å². The second-order valence-corrected chi connectivity index (χ2v) is 6.76. The minimum Gasteiger partial charge on any atom is -0.337 e. The van der Waals surface area contributed by atoms with Crippen LogP contribution in [0.15, 0.2) is 53.6 Å². The van der Waals surface area contributed by atoms with Crippen LogP contribution in [0.4, 0.5) is 5.95 Å². The summed E-state index contributed by atoms with van der Waals surface area (Å²) in [5.74, 6) is 0.417. The van der Waals surface area contributed by atoms with E-state index in [1.165, 1.54) is 0 Å². The third-order valence-electron chi connectivity index (χ3n) is 4.52. The summed E-state index contributed by atoms with van der Waals surface area (Å²) in [7, 11) is 0. The molecule has 1 aliphatic rings. The topological polar surface area (TPSA) is 95.1 Å². The van der Waals surface area contributed by atoms with E-state index in [0.717, 1.165) is 5.56 Å². The van der Waals surface area contributed by atoms with Gasteiger partial charge in [-0.15, -0.1) is 0 Å². The molecule has 0 unspecified atom stereocenters. The van der Waals surface area contributed by atoms with E-state index in [4.69, 9.17) is 11.6 Å². The number of anilines is 1. The van der Waals surface area contributed by atoms with Gasteiger partial charge in [0.15, 0.2) is 0 Å². The predicted octanol–water partition coefficient (Wildman–Crippen LogP) is 1.84. The molecule has 1 aromatic carbocycles. The van der Waals surface area contributed by atoms with Crippen molar-refractivity contribution in [3.05, 3.63) is 70.0 Å². The lowest BCUT2D eigenvalue weighted by Crippen LogP contribution is -2.49. The number of aromatic amines is 1. The zero-order valence-electron chi connectivity index (χ0n) is 14.9. The van der Waals surface area contributed by atoms with Gasteiger partial charge in [0.2, 0.25) is 5.95 Å². The molecule has 1 aliphatic heterocycles. The first kappa shape index (κ1) is 18.1. The largest absolute Gasteiger partial charge is 0.346 e. The molecule has 0 spiro atoms. The van der Waals surface area contributed by atoms with Gasteiger partial charge in [-0.25, -0.2) is 14.8 Å². The number of amides is 1. The van der Waals surface area contributed by atoms with E-state index in [1.807, 2.05) is 4.90 Å². The van der Waals surface area contributed by atoms with Crippen molar-refractivity contribution in [2.24, 2.45) is 0 Å². The molecule has 9 heteroatoms. The van der Waals surface area contributed by atoms with Crippen LogP contribution >= 0.6 is 11.6 Å². The van der Waals surface area contributed by atoms with Crippen molar-refractivity contribution in [1.29, 1.82) is 0 Å². The summed E-state index contributed by atoms with van der Waals surface area (Å²) < 4.78 is 0. The quantitative estimate of drug-likeness (QED) is 0.725. The molecule has 28 heavy (non-hydrogen) atoms. The minimum atomic E-state index is -0.563. The molecule has 3 aromatic rings. The predicted molar refractivity (Wildman–Crippen MR) is 105 cm³/mol. The highest BCUT2D eigenvalue weighted by molar-refractivity contribution is 6.30. The highest BCUT2D eigenvalue weighted by Crippen LogP contribution is 2.20. The van der Waals surface area contributed by atoms with Gasteiger partial charge in [-0.2, -0.15) is 4.98 Å². The van der Waals surface area contributed by atoms with Crippen LogP contribution in [0.3, 0.4) is 0 Å². The van der Waals surface area contributed by atoms with E-state index in [1.54, 1.807) is 53.7 Å². The van der Waals surface area contributed by atoms with Crippen LogP contribution in [0.5, 0.6) is 0 Å². The highest BCUT2D eigenvalue weighted by Gasteiger charge is 2.24. The summed E-state index contributed by atoms with van der Waals surface area (Å²) >= 11 is 5.91. The van der Waals surface area contributed by atoms with E-state index >= 15 is 0 Å². The van der Waals surface area contributed by atoms with Gasteiger partial charge in [-0.1, -0.05) is 23.7 Å². The first-order chi connectivity index (χ1) is 13.6. The Bertz CT molecular complexity index is 1030. The van der Waals surface area contributed by atoms with Crippen LogP contribution in [0.25, 0.3) is 11.3 Å². The Morgan fingerprint density at radius 3 is 2.39 bits per heavy atom. The maximum atomic E-state index is 12.9. The molecule has 1 amide bonds. The second-order valence-electron chi connectivity index (χ2n) is 6.32. The van der Waals surface area contributed by atoms with Crippen molar-refractivity contribution in [2.75, 3.05) is 31.1 Å². The molecule has 142 valence electrons. The lowest BCUT2D eigenvalue weighted by molar-refractivity contribution is 0.0740. The van der Waals surface area contributed by atoms with Crippen molar-refractivity contribution in [3.63, 3.8) is 0 Å². The number of carbonyl (C=O) groups is 1. The van der Waals surface area contributed by atoms with Gasteiger partial charge in [-0.3, -0.25) is 4.79 Å². The van der Waals surface area contributed by atoms with Gasteiger partial charge in [0, 0.05) is 49.2 Å². The van der Waals surface area contributed by atoms with Crippen molar-refractivity contribution in [3.8, 4) is 11.3 Å². The van der Waals surface area contributed by atoms with Crippen molar-refractivity contribution < 1.29 is 4.79 Å². The van der Waals surface area contributed by atoms with Gasteiger partial charge in [-0.05, 0) is 24.3 Å². The third kappa shape index (κ3) is 3.86. The first-order valence-electron chi connectivity index (χ1n) is 8.79. The molecule has 0 atom stereocenters. The second kappa shape index (κ2) is 7.77. The van der Waals surface area contributed by atoms with Crippen LogP contribution in [-0.2, 0) is 0 Å². The normalized spacial score (nSPS) is 14.2. The van der Waals surface area contributed by atoms with E-state index in [-0.39, 0.29) is 11.6 Å². The fourth-order valence-corrected chi connectivity index (χ4v) is 3.20. The Kier molecular flexibility index (Phi) is 5.03. The molecule has 1 saturated heterocycles.